The molecule has 1 fully saturated rings. The van der Waals surface area contributed by atoms with E-state index in [0.717, 1.165) is 19.3 Å². The third kappa shape index (κ3) is 6.01. The summed E-state index contributed by atoms with van der Waals surface area (Å²) >= 11 is 5.78. The summed E-state index contributed by atoms with van der Waals surface area (Å²) in [4.78, 5) is 33.0. The minimum Gasteiger partial charge on any atom is -0.444 e. The van der Waals surface area contributed by atoms with Gasteiger partial charge < -0.3 is 20.7 Å². The van der Waals surface area contributed by atoms with Crippen LogP contribution in [0.15, 0.2) is 6.20 Å². The van der Waals surface area contributed by atoms with Crippen LogP contribution in [0.25, 0.3) is 0 Å². The molecule has 0 bridgehead atoms. The van der Waals surface area contributed by atoms with Crippen molar-refractivity contribution in [3.05, 3.63) is 17.0 Å². The summed E-state index contributed by atoms with van der Waals surface area (Å²) < 4.78 is 5.40. The number of nitrogens with two attached hydrogens (primary N) is 1. The van der Waals surface area contributed by atoms with Gasteiger partial charge in [0, 0.05) is 25.8 Å². The number of likely N-dealkylation sites (tertiary alicyclic amines) is 1. The number of anilines is 1. The Balaban J connectivity index is 1.78. The summed E-state index contributed by atoms with van der Waals surface area (Å²) in [5, 5.41) is 3.16. The predicted octanol–water partition coefficient (Wildman–Crippen LogP) is 2.68. The first kappa shape index (κ1) is 20.2. The lowest BCUT2D eigenvalue weighted by Gasteiger charge is -2.33. The lowest BCUT2D eigenvalue weighted by atomic mass is 9.94. The summed E-state index contributed by atoms with van der Waals surface area (Å²) in [6.45, 7) is 7.59. The first-order chi connectivity index (χ1) is 12.2. The zero-order valence-corrected chi connectivity index (χ0v) is 16.2. The molecule has 144 valence electrons. The second-order valence-electron chi connectivity index (χ2n) is 7.39. The summed E-state index contributed by atoms with van der Waals surface area (Å²) in [5.41, 5.74) is 5.05. The molecule has 2 amide bonds. The fourth-order valence-electron chi connectivity index (χ4n) is 2.80. The lowest BCUT2D eigenvalue weighted by molar-refractivity contribution is 0.0182. The Morgan fingerprint density at radius 3 is 2.62 bits per heavy atom. The quantitative estimate of drug-likeness (QED) is 0.756. The van der Waals surface area contributed by atoms with Crippen LogP contribution in [-0.2, 0) is 4.74 Å². The standard InChI is InChI=1S/C17H26ClN5O3/c1-17(2,3)26-16(25)23-8-5-11(6-9-23)4-7-20-14-12(13(19)24)10-21-15(18)22-14/h10-11H,4-9H2,1-3H3,(H2,19,24)(H,20,21,22). The molecule has 2 heterocycles. The van der Waals surface area contributed by atoms with Crippen molar-refractivity contribution in [3.8, 4) is 0 Å². The van der Waals surface area contributed by atoms with Crippen LogP contribution in [0.5, 0.6) is 0 Å². The Morgan fingerprint density at radius 2 is 2.04 bits per heavy atom. The molecule has 1 aromatic rings. The molecule has 2 rings (SSSR count). The topological polar surface area (TPSA) is 110 Å². The molecule has 0 aromatic carbocycles. The summed E-state index contributed by atoms with van der Waals surface area (Å²) in [7, 11) is 0. The molecule has 1 aromatic heterocycles. The van der Waals surface area contributed by atoms with Crippen molar-refractivity contribution >= 4 is 29.4 Å². The molecule has 1 saturated heterocycles. The Kier molecular flexibility index (Phi) is 6.63. The van der Waals surface area contributed by atoms with E-state index in [1.807, 2.05) is 20.8 Å². The number of primary amides is 1. The Labute approximate surface area is 158 Å². The van der Waals surface area contributed by atoms with Crippen molar-refractivity contribution in [1.82, 2.24) is 14.9 Å². The van der Waals surface area contributed by atoms with Gasteiger partial charge in [-0.3, -0.25) is 4.79 Å². The number of amides is 2. The number of halogens is 1. The van der Waals surface area contributed by atoms with E-state index in [1.54, 1.807) is 4.90 Å². The van der Waals surface area contributed by atoms with Crippen LogP contribution in [0.2, 0.25) is 5.28 Å². The van der Waals surface area contributed by atoms with Gasteiger partial charge in [-0.15, -0.1) is 0 Å². The zero-order chi connectivity index (χ0) is 19.3. The molecular weight excluding hydrogens is 358 g/mol. The Bertz CT molecular complexity index is 654. The number of rotatable bonds is 5. The number of carbonyl (C=O) groups excluding carboxylic acids is 2. The van der Waals surface area contributed by atoms with E-state index in [-0.39, 0.29) is 16.9 Å². The van der Waals surface area contributed by atoms with Crippen LogP contribution in [0.4, 0.5) is 10.6 Å². The van der Waals surface area contributed by atoms with Crippen LogP contribution < -0.4 is 11.1 Å². The largest absolute Gasteiger partial charge is 0.444 e. The number of carbonyl (C=O) groups is 2. The minimum atomic E-state index is -0.602. The van der Waals surface area contributed by atoms with Crippen molar-refractivity contribution in [2.45, 2.75) is 45.6 Å². The lowest BCUT2D eigenvalue weighted by Crippen LogP contribution is -2.41. The zero-order valence-electron chi connectivity index (χ0n) is 15.4. The number of nitrogens with zero attached hydrogens (tertiary/aromatic N) is 3. The van der Waals surface area contributed by atoms with E-state index < -0.39 is 11.5 Å². The monoisotopic (exact) mass is 383 g/mol. The maximum atomic E-state index is 12.1. The second-order valence-corrected chi connectivity index (χ2v) is 7.73. The van der Waals surface area contributed by atoms with Gasteiger partial charge in [-0.1, -0.05) is 0 Å². The number of nitrogens with one attached hydrogen (secondary N) is 1. The number of piperidine rings is 1. The van der Waals surface area contributed by atoms with Gasteiger partial charge >= 0.3 is 6.09 Å². The number of hydrogen-bond acceptors (Lipinski definition) is 6. The van der Waals surface area contributed by atoms with E-state index in [9.17, 15) is 9.59 Å². The molecule has 26 heavy (non-hydrogen) atoms. The van der Waals surface area contributed by atoms with Gasteiger partial charge in [0.25, 0.3) is 5.91 Å². The highest BCUT2D eigenvalue weighted by Gasteiger charge is 2.26. The van der Waals surface area contributed by atoms with Crippen LogP contribution in [0.3, 0.4) is 0 Å². The maximum Gasteiger partial charge on any atom is 0.410 e. The van der Waals surface area contributed by atoms with Crippen molar-refractivity contribution in [1.29, 1.82) is 0 Å². The Hall–Kier alpha value is -2.09. The molecule has 0 atom stereocenters. The van der Waals surface area contributed by atoms with Crippen molar-refractivity contribution < 1.29 is 14.3 Å². The first-order valence-electron chi connectivity index (χ1n) is 8.70. The molecule has 8 nitrogen and oxygen atoms in total. The minimum absolute atomic E-state index is 0.0585. The average Bonchev–Trinajstić information content (AvgIpc) is 2.53. The average molecular weight is 384 g/mol. The van der Waals surface area contributed by atoms with E-state index >= 15 is 0 Å². The fourth-order valence-corrected chi connectivity index (χ4v) is 2.93. The van der Waals surface area contributed by atoms with Gasteiger partial charge in [-0.05, 0) is 57.6 Å². The smallest absolute Gasteiger partial charge is 0.410 e. The van der Waals surface area contributed by atoms with Crippen molar-refractivity contribution in [2.75, 3.05) is 25.0 Å². The molecule has 3 N–H and O–H groups in total. The third-order valence-electron chi connectivity index (χ3n) is 4.14. The van der Waals surface area contributed by atoms with E-state index in [0.29, 0.717) is 31.4 Å². The van der Waals surface area contributed by atoms with Crippen molar-refractivity contribution in [2.24, 2.45) is 11.7 Å². The highest BCUT2D eigenvalue weighted by atomic mass is 35.5. The molecule has 0 radical (unpaired) electrons. The molecule has 0 saturated carbocycles. The van der Waals surface area contributed by atoms with Crippen LogP contribution in [0.1, 0.15) is 50.4 Å². The summed E-state index contributed by atoms with van der Waals surface area (Å²) in [6, 6.07) is 0. The first-order valence-corrected chi connectivity index (χ1v) is 9.07. The van der Waals surface area contributed by atoms with Gasteiger partial charge in [0.05, 0.1) is 5.56 Å². The third-order valence-corrected chi connectivity index (χ3v) is 4.32. The maximum absolute atomic E-state index is 12.1. The molecule has 1 aliphatic heterocycles. The van der Waals surface area contributed by atoms with Crippen molar-refractivity contribution in [3.63, 3.8) is 0 Å². The molecule has 1 aliphatic rings. The van der Waals surface area contributed by atoms with E-state index in [1.165, 1.54) is 6.20 Å². The van der Waals surface area contributed by atoms with Gasteiger partial charge in [-0.25, -0.2) is 9.78 Å². The van der Waals surface area contributed by atoms with Gasteiger partial charge in [-0.2, -0.15) is 4.98 Å². The fraction of sp³-hybridized carbons (Fsp3) is 0.647. The van der Waals surface area contributed by atoms with Gasteiger partial charge in [0.15, 0.2) is 0 Å². The van der Waals surface area contributed by atoms with Gasteiger partial charge in [0.1, 0.15) is 11.4 Å². The molecule has 0 aliphatic carbocycles. The van der Waals surface area contributed by atoms with E-state index in [2.05, 4.69) is 15.3 Å². The van der Waals surface area contributed by atoms with Gasteiger partial charge in [0.2, 0.25) is 5.28 Å². The summed E-state index contributed by atoms with van der Waals surface area (Å²) in [5.74, 6) is 0.231. The second kappa shape index (κ2) is 8.53. The molecular formula is C17H26ClN5O3. The van der Waals surface area contributed by atoms with Crippen LogP contribution in [-0.4, -0.2) is 52.1 Å². The van der Waals surface area contributed by atoms with Crippen LogP contribution in [0, 0.1) is 5.92 Å². The number of aromatic nitrogens is 2. The molecule has 0 spiro atoms. The van der Waals surface area contributed by atoms with Crippen LogP contribution >= 0.6 is 11.6 Å². The number of ether oxygens (including phenoxy) is 1. The molecule has 0 unspecified atom stereocenters. The predicted molar refractivity (Wildman–Crippen MR) is 99.2 cm³/mol. The number of hydrogen-bond donors (Lipinski definition) is 2. The highest BCUT2D eigenvalue weighted by molar-refractivity contribution is 6.28. The SMILES string of the molecule is CC(C)(C)OC(=O)N1CCC(CCNc2nc(Cl)ncc2C(N)=O)CC1. The molecule has 9 heteroatoms. The normalized spacial score (nSPS) is 15.6. The summed E-state index contributed by atoms with van der Waals surface area (Å²) in [6.07, 6.45) is 3.78. The Morgan fingerprint density at radius 1 is 1.38 bits per heavy atom. The highest BCUT2D eigenvalue weighted by Crippen LogP contribution is 2.23. The van der Waals surface area contributed by atoms with E-state index in [4.69, 9.17) is 22.1 Å².